The minimum Gasteiger partial charge on any atom is -0.494 e. The zero-order valence-corrected chi connectivity index (χ0v) is 16.6. The summed E-state index contributed by atoms with van der Waals surface area (Å²) in [7, 11) is 3.79. The van der Waals surface area contributed by atoms with Crippen molar-refractivity contribution in [3.05, 3.63) is 36.7 Å². The van der Waals surface area contributed by atoms with Crippen molar-refractivity contribution >= 4 is 17.5 Å². The number of benzene rings is 1. The first-order valence-electron chi connectivity index (χ1n) is 9.50. The quantitative estimate of drug-likeness (QED) is 0.823. The summed E-state index contributed by atoms with van der Waals surface area (Å²) < 4.78 is 11.5. The molecule has 1 aliphatic heterocycles. The molecule has 3 rings (SSSR count). The molecule has 0 radical (unpaired) electrons. The SMILES string of the molecule is CCOc1ccc(NC(=O)N2CCCC(Oc3nccnc3N(C)C)C2)cc1. The number of carbonyl (C=O) groups is 1. The fraction of sp³-hybridized carbons (Fsp3) is 0.450. The van der Waals surface area contributed by atoms with Gasteiger partial charge in [-0.05, 0) is 44.0 Å². The molecule has 0 bridgehead atoms. The second kappa shape index (κ2) is 9.25. The molecule has 0 aliphatic carbocycles. The summed E-state index contributed by atoms with van der Waals surface area (Å²) in [5, 5.41) is 2.93. The van der Waals surface area contributed by atoms with E-state index in [1.165, 1.54) is 0 Å². The summed E-state index contributed by atoms with van der Waals surface area (Å²) in [5.74, 6) is 1.96. The predicted molar refractivity (Wildman–Crippen MR) is 108 cm³/mol. The highest BCUT2D eigenvalue weighted by atomic mass is 16.5. The standard InChI is InChI=1S/C20H27N5O3/c1-4-27-16-9-7-15(8-10-16)23-20(26)25-13-5-6-17(14-25)28-19-18(24(2)3)21-11-12-22-19/h7-12,17H,4-6,13-14H2,1-3H3,(H,23,26). The number of urea groups is 1. The first kappa shape index (κ1) is 19.7. The van der Waals surface area contributed by atoms with Crippen molar-refractivity contribution in [2.75, 3.05) is 44.0 Å². The Bertz CT molecular complexity index is 782. The number of rotatable bonds is 6. The second-order valence-corrected chi connectivity index (χ2v) is 6.80. The summed E-state index contributed by atoms with van der Waals surface area (Å²) in [6, 6.07) is 7.23. The lowest BCUT2D eigenvalue weighted by atomic mass is 10.1. The normalized spacial score (nSPS) is 16.4. The highest BCUT2D eigenvalue weighted by Gasteiger charge is 2.26. The van der Waals surface area contributed by atoms with Gasteiger partial charge in [0.2, 0.25) is 0 Å². The van der Waals surface area contributed by atoms with Crippen LogP contribution in [0, 0.1) is 0 Å². The van der Waals surface area contributed by atoms with E-state index in [0.29, 0.717) is 31.4 Å². The van der Waals surface area contributed by atoms with Crippen LogP contribution in [0.1, 0.15) is 19.8 Å². The van der Waals surface area contributed by atoms with E-state index in [0.717, 1.165) is 24.3 Å². The van der Waals surface area contributed by atoms with Crippen LogP contribution in [0.15, 0.2) is 36.7 Å². The Kier molecular flexibility index (Phi) is 6.52. The molecule has 1 aromatic carbocycles. The molecule has 0 spiro atoms. The third kappa shape index (κ3) is 5.03. The van der Waals surface area contributed by atoms with Gasteiger partial charge in [-0.25, -0.2) is 14.8 Å². The third-order valence-corrected chi connectivity index (χ3v) is 4.43. The molecule has 2 heterocycles. The van der Waals surface area contributed by atoms with E-state index < -0.39 is 0 Å². The maximum absolute atomic E-state index is 12.6. The van der Waals surface area contributed by atoms with Gasteiger partial charge in [-0.15, -0.1) is 0 Å². The maximum atomic E-state index is 12.6. The number of nitrogens with one attached hydrogen (secondary N) is 1. The molecule has 2 amide bonds. The van der Waals surface area contributed by atoms with Gasteiger partial charge in [0.25, 0.3) is 5.88 Å². The lowest BCUT2D eigenvalue weighted by Crippen LogP contribution is -2.46. The molecule has 1 atom stereocenters. The van der Waals surface area contributed by atoms with Crippen LogP contribution in [-0.4, -0.2) is 60.8 Å². The lowest BCUT2D eigenvalue weighted by Gasteiger charge is -2.33. The number of anilines is 2. The molecule has 1 N–H and O–H groups in total. The third-order valence-electron chi connectivity index (χ3n) is 4.43. The summed E-state index contributed by atoms with van der Waals surface area (Å²) in [4.78, 5) is 24.9. The number of piperidine rings is 1. The number of hydrogen-bond donors (Lipinski definition) is 1. The van der Waals surface area contributed by atoms with E-state index in [-0.39, 0.29) is 12.1 Å². The number of ether oxygens (including phenoxy) is 2. The monoisotopic (exact) mass is 385 g/mol. The van der Waals surface area contributed by atoms with Gasteiger partial charge in [0, 0.05) is 38.7 Å². The average Bonchev–Trinajstić information content (AvgIpc) is 2.70. The van der Waals surface area contributed by atoms with E-state index >= 15 is 0 Å². The smallest absolute Gasteiger partial charge is 0.321 e. The minimum atomic E-state index is -0.135. The maximum Gasteiger partial charge on any atom is 0.321 e. The number of aromatic nitrogens is 2. The largest absolute Gasteiger partial charge is 0.494 e. The summed E-state index contributed by atoms with van der Waals surface area (Å²) >= 11 is 0. The van der Waals surface area contributed by atoms with Crippen LogP contribution in [-0.2, 0) is 0 Å². The molecule has 0 saturated carbocycles. The van der Waals surface area contributed by atoms with Crippen LogP contribution in [0.2, 0.25) is 0 Å². The Hall–Kier alpha value is -3.03. The van der Waals surface area contributed by atoms with Gasteiger partial charge in [0.1, 0.15) is 11.9 Å². The van der Waals surface area contributed by atoms with Crippen molar-refractivity contribution in [2.24, 2.45) is 0 Å². The number of nitrogens with zero attached hydrogens (tertiary/aromatic N) is 4. The van der Waals surface area contributed by atoms with Crippen LogP contribution in [0.3, 0.4) is 0 Å². The number of likely N-dealkylation sites (tertiary alicyclic amines) is 1. The fourth-order valence-corrected chi connectivity index (χ4v) is 3.09. The van der Waals surface area contributed by atoms with E-state index in [4.69, 9.17) is 9.47 Å². The predicted octanol–water partition coefficient (Wildman–Crippen LogP) is 3.02. The molecular formula is C20H27N5O3. The van der Waals surface area contributed by atoms with Crippen LogP contribution >= 0.6 is 0 Å². The van der Waals surface area contributed by atoms with Crippen molar-refractivity contribution in [1.82, 2.24) is 14.9 Å². The molecule has 1 unspecified atom stereocenters. The number of carbonyl (C=O) groups excluding carboxylic acids is 1. The Labute approximate surface area is 165 Å². The molecule has 2 aromatic rings. The highest BCUT2D eigenvalue weighted by Crippen LogP contribution is 2.24. The number of hydrogen-bond acceptors (Lipinski definition) is 6. The van der Waals surface area contributed by atoms with Crippen LogP contribution in [0.25, 0.3) is 0 Å². The van der Waals surface area contributed by atoms with Crippen molar-refractivity contribution in [2.45, 2.75) is 25.9 Å². The van der Waals surface area contributed by atoms with Gasteiger partial charge >= 0.3 is 6.03 Å². The summed E-state index contributed by atoms with van der Waals surface area (Å²) in [6.45, 7) is 3.76. The van der Waals surface area contributed by atoms with Gasteiger partial charge in [0.15, 0.2) is 5.82 Å². The zero-order chi connectivity index (χ0) is 19.9. The van der Waals surface area contributed by atoms with Crippen LogP contribution < -0.4 is 19.7 Å². The van der Waals surface area contributed by atoms with Gasteiger partial charge < -0.3 is 24.6 Å². The highest BCUT2D eigenvalue weighted by molar-refractivity contribution is 5.89. The molecule has 28 heavy (non-hydrogen) atoms. The molecule has 1 saturated heterocycles. The fourth-order valence-electron chi connectivity index (χ4n) is 3.09. The van der Waals surface area contributed by atoms with Crippen LogP contribution in [0.5, 0.6) is 11.6 Å². The zero-order valence-electron chi connectivity index (χ0n) is 16.6. The second-order valence-electron chi connectivity index (χ2n) is 6.80. The van der Waals surface area contributed by atoms with Gasteiger partial charge in [-0.3, -0.25) is 0 Å². The molecule has 150 valence electrons. The molecule has 1 fully saturated rings. The van der Waals surface area contributed by atoms with Crippen molar-refractivity contribution in [3.63, 3.8) is 0 Å². The van der Waals surface area contributed by atoms with Gasteiger partial charge in [-0.2, -0.15) is 0 Å². The van der Waals surface area contributed by atoms with Gasteiger partial charge in [0.05, 0.1) is 13.2 Å². The number of amides is 2. The molecule has 8 heteroatoms. The first-order chi connectivity index (χ1) is 13.6. The van der Waals surface area contributed by atoms with E-state index in [2.05, 4.69) is 15.3 Å². The van der Waals surface area contributed by atoms with Crippen molar-refractivity contribution < 1.29 is 14.3 Å². The Balaban J connectivity index is 1.59. The van der Waals surface area contributed by atoms with Crippen molar-refractivity contribution in [1.29, 1.82) is 0 Å². The first-order valence-corrected chi connectivity index (χ1v) is 9.50. The van der Waals surface area contributed by atoms with Crippen LogP contribution in [0.4, 0.5) is 16.3 Å². The average molecular weight is 385 g/mol. The molecule has 8 nitrogen and oxygen atoms in total. The topological polar surface area (TPSA) is 79.8 Å². The minimum absolute atomic E-state index is 0.116. The Morgan fingerprint density at radius 1 is 1.25 bits per heavy atom. The molecular weight excluding hydrogens is 358 g/mol. The Morgan fingerprint density at radius 3 is 2.71 bits per heavy atom. The van der Waals surface area contributed by atoms with E-state index in [1.54, 1.807) is 17.3 Å². The summed E-state index contributed by atoms with van der Waals surface area (Å²) in [5.41, 5.74) is 0.736. The Morgan fingerprint density at radius 2 is 2.00 bits per heavy atom. The lowest BCUT2D eigenvalue weighted by molar-refractivity contribution is 0.103. The van der Waals surface area contributed by atoms with E-state index in [1.807, 2.05) is 50.2 Å². The van der Waals surface area contributed by atoms with Gasteiger partial charge in [-0.1, -0.05) is 0 Å². The van der Waals surface area contributed by atoms with E-state index in [9.17, 15) is 4.79 Å². The molecule has 1 aliphatic rings. The summed E-state index contributed by atoms with van der Waals surface area (Å²) in [6.07, 6.45) is 4.88. The molecule has 1 aromatic heterocycles. The van der Waals surface area contributed by atoms with Crippen molar-refractivity contribution in [3.8, 4) is 11.6 Å².